The molecule has 2 N–H and O–H groups in total. The molecule has 0 spiro atoms. The minimum Gasteiger partial charge on any atom is -0.496 e. The first-order valence-corrected chi connectivity index (χ1v) is 11.5. The highest BCUT2D eigenvalue weighted by atomic mass is 32.2. The minimum absolute atomic E-state index is 0.0276. The Kier molecular flexibility index (Phi) is 7.12. The number of carbonyl (C=O) groups is 1. The Morgan fingerprint density at radius 2 is 1.83 bits per heavy atom. The van der Waals surface area contributed by atoms with Gasteiger partial charge in [-0.15, -0.1) is 0 Å². The van der Waals surface area contributed by atoms with E-state index < -0.39 is 10.0 Å². The molecule has 2 aromatic carbocycles. The zero-order valence-electron chi connectivity index (χ0n) is 17.3. The lowest BCUT2D eigenvalue weighted by molar-refractivity contribution is 0.0517. The highest BCUT2D eigenvalue weighted by Gasteiger charge is 2.35. The van der Waals surface area contributed by atoms with Crippen LogP contribution in [0, 0.1) is 0 Å². The molecule has 8 heteroatoms. The molecule has 0 radical (unpaired) electrons. The number of benzene rings is 2. The summed E-state index contributed by atoms with van der Waals surface area (Å²) in [4.78, 5) is 12.4. The van der Waals surface area contributed by atoms with Gasteiger partial charge in [0, 0.05) is 31.7 Å². The van der Waals surface area contributed by atoms with E-state index in [1.807, 2.05) is 30.3 Å². The molecule has 7 nitrogen and oxygen atoms in total. The van der Waals surface area contributed by atoms with Crippen LogP contribution in [0.5, 0.6) is 5.75 Å². The normalized spacial score (nSPS) is 16.1. The van der Waals surface area contributed by atoms with Crippen molar-refractivity contribution in [2.45, 2.75) is 30.1 Å². The number of ether oxygens (including phenoxy) is 2. The van der Waals surface area contributed by atoms with Gasteiger partial charge in [-0.1, -0.05) is 30.3 Å². The topological polar surface area (TPSA) is 93.7 Å². The van der Waals surface area contributed by atoms with E-state index in [2.05, 4.69) is 10.0 Å². The van der Waals surface area contributed by atoms with Gasteiger partial charge in [0.2, 0.25) is 10.0 Å². The molecule has 1 aliphatic rings. The first kappa shape index (κ1) is 22.3. The fourth-order valence-corrected chi connectivity index (χ4v) is 4.88. The van der Waals surface area contributed by atoms with Crippen molar-refractivity contribution in [1.29, 1.82) is 0 Å². The van der Waals surface area contributed by atoms with E-state index in [1.54, 1.807) is 6.92 Å². The van der Waals surface area contributed by atoms with Crippen molar-refractivity contribution in [1.82, 2.24) is 10.0 Å². The highest BCUT2D eigenvalue weighted by molar-refractivity contribution is 7.89. The molecule has 1 amide bonds. The Labute approximate surface area is 177 Å². The van der Waals surface area contributed by atoms with Crippen LogP contribution in [0.25, 0.3) is 0 Å². The molecule has 0 unspecified atom stereocenters. The third-order valence-electron chi connectivity index (χ3n) is 5.50. The molecule has 1 aliphatic heterocycles. The van der Waals surface area contributed by atoms with Crippen molar-refractivity contribution in [3.05, 3.63) is 59.7 Å². The van der Waals surface area contributed by atoms with Crippen LogP contribution >= 0.6 is 0 Å². The fourth-order valence-electron chi connectivity index (χ4n) is 3.73. The van der Waals surface area contributed by atoms with Crippen LogP contribution in [-0.2, 0) is 20.2 Å². The minimum atomic E-state index is -3.83. The second-order valence-electron chi connectivity index (χ2n) is 7.30. The number of methoxy groups -OCH3 is 1. The summed E-state index contributed by atoms with van der Waals surface area (Å²) in [5.74, 6) is -0.0540. The van der Waals surface area contributed by atoms with Gasteiger partial charge in [-0.05, 0) is 43.5 Å². The SMILES string of the molecule is CCNC(=O)c1cc(S(=O)(=O)NCC2(c3ccccc3)CCOCC2)ccc1OC. The molecule has 3 rings (SSSR count). The van der Waals surface area contributed by atoms with E-state index in [9.17, 15) is 13.2 Å². The Hall–Kier alpha value is -2.42. The number of rotatable bonds is 8. The van der Waals surface area contributed by atoms with Gasteiger partial charge in [-0.25, -0.2) is 13.1 Å². The maximum absolute atomic E-state index is 13.1. The Bertz CT molecular complexity index is 970. The number of nitrogens with one attached hydrogen (secondary N) is 2. The Morgan fingerprint density at radius 3 is 2.47 bits per heavy atom. The number of sulfonamides is 1. The molecule has 1 heterocycles. The van der Waals surface area contributed by atoms with Crippen LogP contribution in [0.1, 0.15) is 35.7 Å². The van der Waals surface area contributed by atoms with Crippen molar-refractivity contribution < 1.29 is 22.7 Å². The van der Waals surface area contributed by atoms with Crippen LogP contribution in [0.3, 0.4) is 0 Å². The summed E-state index contributed by atoms with van der Waals surface area (Å²) in [7, 11) is -2.38. The maximum Gasteiger partial charge on any atom is 0.255 e. The number of hydrogen-bond donors (Lipinski definition) is 2. The first-order chi connectivity index (χ1) is 14.4. The third kappa shape index (κ3) is 4.83. The van der Waals surface area contributed by atoms with E-state index in [-0.39, 0.29) is 28.3 Å². The summed E-state index contributed by atoms with van der Waals surface area (Å²) in [6, 6.07) is 14.2. The lowest BCUT2D eigenvalue weighted by Crippen LogP contribution is -2.44. The van der Waals surface area contributed by atoms with Gasteiger partial charge in [-0.3, -0.25) is 4.79 Å². The first-order valence-electron chi connectivity index (χ1n) is 10.0. The Morgan fingerprint density at radius 1 is 1.13 bits per heavy atom. The Balaban J connectivity index is 1.87. The van der Waals surface area contributed by atoms with Crippen LogP contribution < -0.4 is 14.8 Å². The lowest BCUT2D eigenvalue weighted by Gasteiger charge is -2.37. The summed E-state index contributed by atoms with van der Waals surface area (Å²) in [6.07, 6.45) is 1.46. The zero-order valence-corrected chi connectivity index (χ0v) is 18.1. The van der Waals surface area contributed by atoms with Gasteiger partial charge in [0.1, 0.15) is 5.75 Å². The molecule has 2 aromatic rings. The second kappa shape index (κ2) is 9.59. The van der Waals surface area contributed by atoms with Gasteiger partial charge in [0.25, 0.3) is 5.91 Å². The van der Waals surface area contributed by atoms with Gasteiger partial charge < -0.3 is 14.8 Å². The quantitative estimate of drug-likeness (QED) is 0.668. The molecular weight excluding hydrogens is 404 g/mol. The number of amides is 1. The number of carbonyl (C=O) groups excluding carboxylic acids is 1. The van der Waals surface area contributed by atoms with Crippen molar-refractivity contribution >= 4 is 15.9 Å². The van der Waals surface area contributed by atoms with Crippen LogP contribution in [0.2, 0.25) is 0 Å². The zero-order chi connectivity index (χ0) is 21.6. The van der Waals surface area contributed by atoms with E-state index in [4.69, 9.17) is 9.47 Å². The molecular formula is C22H28N2O5S. The largest absolute Gasteiger partial charge is 0.496 e. The summed E-state index contributed by atoms with van der Waals surface area (Å²) in [5.41, 5.74) is 0.946. The highest BCUT2D eigenvalue weighted by Crippen LogP contribution is 2.34. The molecule has 0 aliphatic carbocycles. The molecule has 30 heavy (non-hydrogen) atoms. The molecule has 1 saturated heterocycles. The van der Waals surface area contributed by atoms with Crippen molar-refractivity contribution in [3.8, 4) is 5.75 Å². The average Bonchev–Trinajstić information content (AvgIpc) is 2.78. The monoisotopic (exact) mass is 432 g/mol. The average molecular weight is 433 g/mol. The summed E-state index contributed by atoms with van der Waals surface area (Å²) in [6.45, 7) is 3.65. The molecule has 0 atom stereocenters. The van der Waals surface area contributed by atoms with Gasteiger partial charge in [0.05, 0.1) is 17.6 Å². The number of hydrogen-bond acceptors (Lipinski definition) is 5. The van der Waals surface area contributed by atoms with Crippen molar-refractivity contribution in [2.24, 2.45) is 0 Å². The standard InChI is InChI=1S/C22H28N2O5S/c1-3-23-21(25)19-15-18(9-10-20(19)28-2)30(26,27)24-16-22(11-13-29-14-12-22)17-7-5-4-6-8-17/h4-10,15,24H,3,11-14,16H2,1-2H3,(H,23,25). The van der Waals surface area contributed by atoms with E-state index >= 15 is 0 Å². The van der Waals surface area contributed by atoms with E-state index in [0.29, 0.717) is 25.5 Å². The van der Waals surface area contributed by atoms with Crippen LogP contribution in [-0.4, -0.2) is 47.7 Å². The molecule has 162 valence electrons. The predicted octanol–water partition coefficient (Wildman–Crippen LogP) is 2.47. The van der Waals surface area contributed by atoms with E-state index in [0.717, 1.165) is 18.4 Å². The lowest BCUT2D eigenvalue weighted by atomic mass is 9.74. The van der Waals surface area contributed by atoms with Gasteiger partial charge in [-0.2, -0.15) is 0 Å². The smallest absolute Gasteiger partial charge is 0.255 e. The van der Waals surface area contributed by atoms with Crippen molar-refractivity contribution in [3.63, 3.8) is 0 Å². The predicted molar refractivity (Wildman–Crippen MR) is 114 cm³/mol. The maximum atomic E-state index is 13.1. The molecule has 0 saturated carbocycles. The molecule has 0 bridgehead atoms. The third-order valence-corrected chi connectivity index (χ3v) is 6.90. The molecule has 1 fully saturated rings. The fraction of sp³-hybridized carbons (Fsp3) is 0.409. The van der Waals surface area contributed by atoms with Crippen LogP contribution in [0.4, 0.5) is 0 Å². The van der Waals surface area contributed by atoms with Gasteiger partial charge in [0.15, 0.2) is 0 Å². The van der Waals surface area contributed by atoms with Crippen LogP contribution in [0.15, 0.2) is 53.4 Å². The van der Waals surface area contributed by atoms with Crippen molar-refractivity contribution in [2.75, 3.05) is 33.4 Å². The summed E-state index contributed by atoms with van der Waals surface area (Å²) < 4.78 is 39.6. The van der Waals surface area contributed by atoms with E-state index in [1.165, 1.54) is 25.3 Å². The second-order valence-corrected chi connectivity index (χ2v) is 9.07. The molecule has 0 aromatic heterocycles. The summed E-state index contributed by atoms with van der Waals surface area (Å²) >= 11 is 0. The van der Waals surface area contributed by atoms with Gasteiger partial charge >= 0.3 is 0 Å². The summed E-state index contributed by atoms with van der Waals surface area (Å²) in [5, 5.41) is 2.68.